The zero-order chi connectivity index (χ0) is 13.0. The Morgan fingerprint density at radius 3 is 2.41 bits per heavy atom. The van der Waals surface area contributed by atoms with Gasteiger partial charge in [0.15, 0.2) is 0 Å². The SMILES string of the molecule is CCc1ccc(C(C)C)c(C(N)CO)c1OC. The van der Waals surface area contributed by atoms with Crippen LogP contribution in [0.1, 0.15) is 49.4 Å². The van der Waals surface area contributed by atoms with Crippen molar-refractivity contribution in [2.45, 2.75) is 39.2 Å². The van der Waals surface area contributed by atoms with E-state index in [1.807, 2.05) is 0 Å². The van der Waals surface area contributed by atoms with Gasteiger partial charge in [0, 0.05) is 5.56 Å². The quantitative estimate of drug-likeness (QED) is 0.826. The van der Waals surface area contributed by atoms with Gasteiger partial charge in [0.05, 0.1) is 19.8 Å². The van der Waals surface area contributed by atoms with Crippen LogP contribution in [0.15, 0.2) is 12.1 Å². The standard InChI is InChI=1S/C14H23NO2/c1-5-10-6-7-11(9(2)3)13(12(15)8-16)14(10)17-4/h6-7,9,12,16H,5,8,15H2,1-4H3. The van der Waals surface area contributed by atoms with E-state index >= 15 is 0 Å². The van der Waals surface area contributed by atoms with Gasteiger partial charge in [0.2, 0.25) is 0 Å². The molecule has 96 valence electrons. The van der Waals surface area contributed by atoms with Crippen LogP contribution < -0.4 is 10.5 Å². The molecule has 0 saturated carbocycles. The van der Waals surface area contributed by atoms with E-state index in [0.717, 1.165) is 28.9 Å². The third-order valence-electron chi connectivity index (χ3n) is 3.09. The maximum absolute atomic E-state index is 9.30. The molecule has 0 heterocycles. The number of benzene rings is 1. The van der Waals surface area contributed by atoms with E-state index in [1.54, 1.807) is 7.11 Å². The predicted molar refractivity (Wildman–Crippen MR) is 70.5 cm³/mol. The molecule has 17 heavy (non-hydrogen) atoms. The first kappa shape index (κ1) is 14.0. The van der Waals surface area contributed by atoms with Gasteiger partial charge in [0.1, 0.15) is 5.75 Å². The Morgan fingerprint density at radius 1 is 1.35 bits per heavy atom. The minimum absolute atomic E-state index is 0.0662. The van der Waals surface area contributed by atoms with E-state index in [1.165, 1.54) is 0 Å². The summed E-state index contributed by atoms with van der Waals surface area (Å²) in [5.74, 6) is 1.20. The van der Waals surface area contributed by atoms with Crippen molar-refractivity contribution in [1.82, 2.24) is 0 Å². The molecule has 1 aromatic carbocycles. The van der Waals surface area contributed by atoms with Crippen molar-refractivity contribution in [3.05, 3.63) is 28.8 Å². The number of methoxy groups -OCH3 is 1. The van der Waals surface area contributed by atoms with Crippen LogP contribution in [0, 0.1) is 0 Å². The first-order valence-corrected chi connectivity index (χ1v) is 6.12. The van der Waals surface area contributed by atoms with E-state index in [-0.39, 0.29) is 12.6 Å². The predicted octanol–water partition coefficient (Wildman–Crippen LogP) is 2.37. The minimum atomic E-state index is -0.381. The first-order valence-electron chi connectivity index (χ1n) is 6.12. The van der Waals surface area contributed by atoms with Crippen molar-refractivity contribution in [3.63, 3.8) is 0 Å². The fourth-order valence-electron chi connectivity index (χ4n) is 2.16. The van der Waals surface area contributed by atoms with Gasteiger partial charge in [-0.15, -0.1) is 0 Å². The van der Waals surface area contributed by atoms with Crippen LogP contribution in [0.4, 0.5) is 0 Å². The molecule has 1 unspecified atom stereocenters. The molecule has 1 rings (SSSR count). The molecule has 0 aliphatic rings. The average Bonchev–Trinajstić information content (AvgIpc) is 2.35. The van der Waals surface area contributed by atoms with E-state index in [2.05, 4.69) is 32.9 Å². The molecule has 1 aromatic rings. The van der Waals surface area contributed by atoms with Gasteiger partial charge in [0.25, 0.3) is 0 Å². The molecule has 3 heteroatoms. The van der Waals surface area contributed by atoms with Crippen molar-refractivity contribution in [2.24, 2.45) is 5.73 Å². The molecule has 0 aliphatic carbocycles. The Hall–Kier alpha value is -1.06. The zero-order valence-electron chi connectivity index (χ0n) is 11.2. The number of hydrogen-bond donors (Lipinski definition) is 2. The highest BCUT2D eigenvalue weighted by molar-refractivity contribution is 5.49. The summed E-state index contributed by atoms with van der Waals surface area (Å²) in [7, 11) is 1.66. The monoisotopic (exact) mass is 237 g/mol. The highest BCUT2D eigenvalue weighted by Crippen LogP contribution is 2.35. The molecule has 0 amide bonds. The lowest BCUT2D eigenvalue weighted by molar-refractivity contribution is 0.263. The molecule has 0 radical (unpaired) electrons. The van der Waals surface area contributed by atoms with Gasteiger partial charge >= 0.3 is 0 Å². The van der Waals surface area contributed by atoms with Crippen LogP contribution in [0.3, 0.4) is 0 Å². The van der Waals surface area contributed by atoms with Gasteiger partial charge in [-0.3, -0.25) is 0 Å². The second kappa shape index (κ2) is 6.03. The lowest BCUT2D eigenvalue weighted by atomic mass is 9.90. The number of aryl methyl sites for hydroxylation is 1. The Kier molecular flexibility index (Phi) is 4.97. The molecule has 1 atom stereocenters. The summed E-state index contributed by atoms with van der Waals surface area (Å²) in [6.07, 6.45) is 0.896. The normalized spacial score (nSPS) is 12.9. The van der Waals surface area contributed by atoms with Gasteiger partial charge < -0.3 is 15.6 Å². The lowest BCUT2D eigenvalue weighted by Crippen LogP contribution is -2.19. The minimum Gasteiger partial charge on any atom is -0.496 e. The maximum Gasteiger partial charge on any atom is 0.127 e. The Balaban J connectivity index is 3.44. The molecule has 0 aliphatic heterocycles. The molecular formula is C14H23NO2. The smallest absolute Gasteiger partial charge is 0.127 e. The highest BCUT2D eigenvalue weighted by Gasteiger charge is 2.20. The summed E-state index contributed by atoms with van der Waals surface area (Å²) >= 11 is 0. The third kappa shape index (κ3) is 2.79. The van der Waals surface area contributed by atoms with Crippen molar-refractivity contribution in [3.8, 4) is 5.75 Å². The van der Waals surface area contributed by atoms with Gasteiger partial charge in [-0.2, -0.15) is 0 Å². The van der Waals surface area contributed by atoms with Crippen LogP contribution in [0.25, 0.3) is 0 Å². The van der Waals surface area contributed by atoms with E-state index in [0.29, 0.717) is 5.92 Å². The molecule has 0 bridgehead atoms. The lowest BCUT2D eigenvalue weighted by Gasteiger charge is -2.22. The van der Waals surface area contributed by atoms with Crippen molar-refractivity contribution < 1.29 is 9.84 Å². The second-order valence-corrected chi connectivity index (χ2v) is 4.56. The number of aliphatic hydroxyl groups is 1. The average molecular weight is 237 g/mol. The summed E-state index contributed by atoms with van der Waals surface area (Å²) in [5, 5.41) is 9.30. The fraction of sp³-hybridized carbons (Fsp3) is 0.571. The highest BCUT2D eigenvalue weighted by atomic mass is 16.5. The summed E-state index contributed by atoms with van der Waals surface area (Å²) in [6.45, 7) is 6.26. The number of ether oxygens (including phenoxy) is 1. The third-order valence-corrected chi connectivity index (χ3v) is 3.09. The summed E-state index contributed by atoms with van der Waals surface area (Å²) in [6, 6.07) is 3.80. The number of rotatable bonds is 5. The van der Waals surface area contributed by atoms with Crippen molar-refractivity contribution >= 4 is 0 Å². The Morgan fingerprint density at radius 2 is 2.00 bits per heavy atom. The molecular weight excluding hydrogens is 214 g/mol. The molecule has 0 saturated heterocycles. The molecule has 0 spiro atoms. The van der Waals surface area contributed by atoms with Gasteiger partial charge in [-0.1, -0.05) is 32.9 Å². The molecule has 0 aromatic heterocycles. The summed E-state index contributed by atoms with van der Waals surface area (Å²) in [4.78, 5) is 0. The summed E-state index contributed by atoms with van der Waals surface area (Å²) in [5.41, 5.74) is 9.24. The fourth-order valence-corrected chi connectivity index (χ4v) is 2.16. The number of aliphatic hydroxyl groups excluding tert-OH is 1. The van der Waals surface area contributed by atoms with Crippen LogP contribution in [0.2, 0.25) is 0 Å². The molecule has 3 N–H and O–H groups in total. The van der Waals surface area contributed by atoms with Crippen LogP contribution in [-0.2, 0) is 6.42 Å². The van der Waals surface area contributed by atoms with E-state index in [4.69, 9.17) is 10.5 Å². The van der Waals surface area contributed by atoms with Crippen molar-refractivity contribution in [2.75, 3.05) is 13.7 Å². The molecule has 3 nitrogen and oxygen atoms in total. The van der Waals surface area contributed by atoms with E-state index in [9.17, 15) is 5.11 Å². The Labute approximate surface area is 104 Å². The number of hydrogen-bond acceptors (Lipinski definition) is 3. The van der Waals surface area contributed by atoms with Crippen LogP contribution in [-0.4, -0.2) is 18.8 Å². The largest absolute Gasteiger partial charge is 0.496 e. The second-order valence-electron chi connectivity index (χ2n) is 4.56. The van der Waals surface area contributed by atoms with Gasteiger partial charge in [-0.05, 0) is 23.5 Å². The zero-order valence-corrected chi connectivity index (χ0v) is 11.2. The topological polar surface area (TPSA) is 55.5 Å². The van der Waals surface area contributed by atoms with E-state index < -0.39 is 0 Å². The summed E-state index contributed by atoms with van der Waals surface area (Å²) < 4.78 is 5.49. The number of nitrogens with two attached hydrogens (primary N) is 1. The maximum atomic E-state index is 9.30. The van der Waals surface area contributed by atoms with Crippen LogP contribution >= 0.6 is 0 Å². The molecule has 0 fully saturated rings. The van der Waals surface area contributed by atoms with Gasteiger partial charge in [-0.25, -0.2) is 0 Å². The van der Waals surface area contributed by atoms with Crippen LogP contribution in [0.5, 0.6) is 5.75 Å². The first-order chi connectivity index (χ1) is 8.06. The Bertz CT molecular complexity index is 375. The van der Waals surface area contributed by atoms with Crippen molar-refractivity contribution in [1.29, 1.82) is 0 Å².